The van der Waals surface area contributed by atoms with E-state index in [2.05, 4.69) is 0 Å². The van der Waals surface area contributed by atoms with Crippen LogP contribution in [0, 0.1) is 0 Å². The van der Waals surface area contributed by atoms with Crippen molar-refractivity contribution in [3.63, 3.8) is 0 Å². The van der Waals surface area contributed by atoms with Gasteiger partial charge in [0.2, 0.25) is 0 Å². The molecule has 0 aliphatic heterocycles. The minimum atomic E-state index is -2.35. The lowest BCUT2D eigenvalue weighted by Gasteiger charge is -1.85. The second kappa shape index (κ2) is 2.32. The van der Waals surface area contributed by atoms with Crippen molar-refractivity contribution in [3.8, 4) is 0 Å². The quantitative estimate of drug-likeness (QED) is 0.526. The van der Waals surface area contributed by atoms with Gasteiger partial charge >= 0.3 is 7.68 Å². The maximum Gasteiger partial charge on any atom is 0.348 e. The lowest BCUT2D eigenvalue weighted by atomic mass is 10.3. The Morgan fingerprint density at radius 1 is 1.56 bits per heavy atom. The molecule has 0 spiro atoms. The molecule has 0 unspecified atom stereocenters. The summed E-state index contributed by atoms with van der Waals surface area (Å²) in [4.78, 5) is 0. The van der Waals surface area contributed by atoms with Crippen molar-refractivity contribution in [2.75, 3.05) is 0 Å². The van der Waals surface area contributed by atoms with Gasteiger partial charge in [-0.2, -0.15) is 0 Å². The van der Waals surface area contributed by atoms with Crippen molar-refractivity contribution in [3.05, 3.63) is 23.0 Å². The zero-order chi connectivity index (χ0) is 6.85. The predicted octanol–water partition coefficient (Wildman–Crippen LogP) is 2.39. The van der Waals surface area contributed by atoms with Crippen molar-refractivity contribution in [1.82, 2.24) is 0 Å². The van der Waals surface area contributed by atoms with Crippen molar-refractivity contribution in [1.29, 1.82) is 0 Å². The topological polar surface area (TPSA) is 34.1 Å². The molecule has 48 valence electrons. The van der Waals surface area contributed by atoms with Gasteiger partial charge in [-0.15, -0.1) is 0 Å². The van der Waals surface area contributed by atoms with Crippen LogP contribution in [-0.2, 0) is 9.13 Å². The first-order chi connectivity index (χ1) is 4.22. The van der Waals surface area contributed by atoms with Crippen molar-refractivity contribution < 1.29 is 9.13 Å². The van der Waals surface area contributed by atoms with E-state index in [1.54, 1.807) is 6.08 Å². The molecule has 0 atom stereocenters. The summed E-state index contributed by atoms with van der Waals surface area (Å²) in [5, 5.41) is 0.491. The molecule has 0 aromatic rings. The number of allylic oxidation sites excluding steroid dienone is 4. The summed E-state index contributed by atoms with van der Waals surface area (Å²) in [5.74, 6) is 0. The summed E-state index contributed by atoms with van der Waals surface area (Å²) < 4.78 is 20.7. The number of hydrogen-bond acceptors (Lipinski definition) is 2. The van der Waals surface area contributed by atoms with Gasteiger partial charge in [-0.3, -0.25) is 0 Å². The molecule has 1 aliphatic carbocycles. The molecule has 0 bridgehead atoms. The first-order valence-electron chi connectivity index (χ1n) is 2.72. The molecule has 0 radical (unpaired) electrons. The monoisotopic (exact) mass is 142 g/mol. The molecular weight excluding hydrogens is 135 g/mol. The molecule has 1 rings (SSSR count). The Hall–Kier alpha value is -0.620. The normalized spacial score (nSPS) is 17.0. The summed E-state index contributed by atoms with van der Waals surface area (Å²) in [6.07, 6.45) is 4.30. The predicted molar refractivity (Wildman–Crippen MR) is 34.7 cm³/mol. The van der Waals surface area contributed by atoms with Gasteiger partial charge in [0.25, 0.3) is 0 Å². The molecule has 0 amide bonds. The molecule has 0 aromatic heterocycles. The van der Waals surface area contributed by atoms with Gasteiger partial charge in [-0.05, 0) is 19.4 Å². The molecule has 0 fully saturated rings. The highest BCUT2D eigenvalue weighted by molar-refractivity contribution is 7.36. The van der Waals surface area contributed by atoms with Gasteiger partial charge in [-0.1, -0.05) is 11.6 Å². The highest BCUT2D eigenvalue weighted by atomic mass is 31.1. The molecule has 2 nitrogen and oxygen atoms in total. The van der Waals surface area contributed by atoms with E-state index in [-0.39, 0.29) is 0 Å². The van der Waals surface area contributed by atoms with Gasteiger partial charge in [0.15, 0.2) is 0 Å². The summed E-state index contributed by atoms with van der Waals surface area (Å²) in [5.41, 5.74) is 0.950. The smallest absolute Gasteiger partial charge is 0.232 e. The van der Waals surface area contributed by atoms with E-state index < -0.39 is 7.68 Å². The molecule has 0 N–H and O–H groups in total. The molecule has 1 aliphatic rings. The van der Waals surface area contributed by atoms with Gasteiger partial charge in [0.05, 0.1) is 5.31 Å². The summed E-state index contributed by atoms with van der Waals surface area (Å²) in [6, 6.07) is 0. The van der Waals surface area contributed by atoms with Gasteiger partial charge < -0.3 is 0 Å². The van der Waals surface area contributed by atoms with Crippen LogP contribution in [-0.4, -0.2) is 0 Å². The minimum absolute atomic E-state index is 0.491. The number of hydrogen-bond donors (Lipinski definition) is 0. The van der Waals surface area contributed by atoms with Crippen LogP contribution in [0.25, 0.3) is 0 Å². The number of rotatable bonds is 1. The van der Waals surface area contributed by atoms with Crippen LogP contribution in [0.2, 0.25) is 0 Å². The Morgan fingerprint density at radius 2 is 2.22 bits per heavy atom. The van der Waals surface area contributed by atoms with Crippen LogP contribution in [0.4, 0.5) is 0 Å². The van der Waals surface area contributed by atoms with E-state index in [1.807, 2.05) is 13.0 Å². The second-order valence-electron chi connectivity index (χ2n) is 2.03. The fraction of sp³-hybridized carbons (Fsp3) is 0.333. The van der Waals surface area contributed by atoms with E-state index in [9.17, 15) is 9.13 Å². The Bertz CT molecular complexity index is 238. The van der Waals surface area contributed by atoms with E-state index in [4.69, 9.17) is 0 Å². The Morgan fingerprint density at radius 3 is 2.44 bits per heavy atom. The third-order valence-corrected chi connectivity index (χ3v) is 2.26. The van der Waals surface area contributed by atoms with Crippen molar-refractivity contribution in [2.24, 2.45) is 0 Å². The molecule has 0 heterocycles. The highest BCUT2D eigenvalue weighted by Gasteiger charge is 2.07. The highest BCUT2D eigenvalue weighted by Crippen LogP contribution is 2.30. The van der Waals surface area contributed by atoms with Crippen molar-refractivity contribution >= 4 is 7.68 Å². The Kier molecular flexibility index (Phi) is 1.68. The van der Waals surface area contributed by atoms with Crippen LogP contribution in [0.3, 0.4) is 0 Å². The van der Waals surface area contributed by atoms with Crippen LogP contribution in [0.15, 0.2) is 23.0 Å². The maximum absolute atomic E-state index is 10.3. The lowest BCUT2D eigenvalue weighted by molar-refractivity contribution is 0.521. The second-order valence-corrected chi connectivity index (χ2v) is 3.03. The summed E-state index contributed by atoms with van der Waals surface area (Å²) in [6.45, 7) is 1.83. The molecule has 0 saturated heterocycles. The van der Waals surface area contributed by atoms with Crippen LogP contribution < -0.4 is 0 Å². The first-order valence-corrected chi connectivity index (χ1v) is 3.90. The molecule has 3 heteroatoms. The van der Waals surface area contributed by atoms with E-state index >= 15 is 0 Å². The van der Waals surface area contributed by atoms with Crippen LogP contribution >= 0.6 is 7.68 Å². The zero-order valence-electron chi connectivity index (χ0n) is 5.13. The zero-order valence-corrected chi connectivity index (χ0v) is 6.02. The first kappa shape index (κ1) is 6.50. The Labute approximate surface area is 54.1 Å². The molecule has 9 heavy (non-hydrogen) atoms. The van der Waals surface area contributed by atoms with E-state index in [0.717, 1.165) is 12.0 Å². The van der Waals surface area contributed by atoms with Gasteiger partial charge in [0, 0.05) is 0 Å². The molecular formula is C6H7O2P. The minimum Gasteiger partial charge on any atom is -0.232 e. The molecule has 0 aromatic carbocycles. The Balaban J connectivity index is 3.03. The van der Waals surface area contributed by atoms with E-state index in [1.165, 1.54) is 0 Å². The lowest BCUT2D eigenvalue weighted by Crippen LogP contribution is -1.67. The van der Waals surface area contributed by atoms with E-state index in [0.29, 0.717) is 5.31 Å². The average Bonchev–Trinajstić information content (AvgIpc) is 2.13. The fourth-order valence-electron chi connectivity index (χ4n) is 0.811. The summed E-state index contributed by atoms with van der Waals surface area (Å²) in [7, 11) is -2.35. The van der Waals surface area contributed by atoms with Gasteiger partial charge in [0.1, 0.15) is 0 Å². The van der Waals surface area contributed by atoms with Crippen LogP contribution in [0.5, 0.6) is 0 Å². The largest absolute Gasteiger partial charge is 0.348 e. The molecule has 0 saturated carbocycles. The summed E-state index contributed by atoms with van der Waals surface area (Å²) >= 11 is 0. The third-order valence-electron chi connectivity index (χ3n) is 1.33. The van der Waals surface area contributed by atoms with Gasteiger partial charge in [-0.25, -0.2) is 9.13 Å². The van der Waals surface area contributed by atoms with Crippen molar-refractivity contribution in [2.45, 2.75) is 13.3 Å². The fourth-order valence-corrected chi connectivity index (χ4v) is 1.44. The maximum atomic E-state index is 10.3. The van der Waals surface area contributed by atoms with Crippen LogP contribution in [0.1, 0.15) is 13.3 Å². The average molecular weight is 142 g/mol. The third kappa shape index (κ3) is 1.19. The standard InChI is InChI=1S/C6H7O2P/c1-5-3-2-4-6(5)9(7)8/h2,4H,3H2,1H3. The SMILES string of the molecule is CC1=C(P(=O)=O)C=CC1.